The van der Waals surface area contributed by atoms with E-state index in [-0.39, 0.29) is 28.2 Å². The number of para-hydroxylation sites is 1. The minimum absolute atomic E-state index is 0.118. The Morgan fingerprint density at radius 3 is 2.36 bits per heavy atom. The number of benzene rings is 3. The Labute approximate surface area is 227 Å². The molecular weight excluding hydrogens is 516 g/mol. The molecule has 9 heteroatoms. The van der Waals surface area contributed by atoms with Gasteiger partial charge in [-0.3, -0.25) is 13.7 Å². The van der Waals surface area contributed by atoms with E-state index in [0.29, 0.717) is 16.6 Å². The van der Waals surface area contributed by atoms with Crippen LogP contribution in [0.5, 0.6) is 5.75 Å². The average Bonchev–Trinajstić information content (AvgIpc) is 3.30. The summed E-state index contributed by atoms with van der Waals surface area (Å²) in [6, 6.07) is 19.0. The zero-order chi connectivity index (χ0) is 28.1. The number of esters is 1. The first kappa shape index (κ1) is 26.5. The van der Waals surface area contributed by atoms with Crippen LogP contribution in [0.15, 0.2) is 77.8 Å². The fourth-order valence-electron chi connectivity index (χ4n) is 4.70. The van der Waals surface area contributed by atoms with E-state index in [9.17, 15) is 18.0 Å². The molecule has 2 heterocycles. The number of carbonyl (C=O) groups excluding carboxylic acids is 2. The van der Waals surface area contributed by atoms with Gasteiger partial charge in [0, 0.05) is 11.6 Å². The highest BCUT2D eigenvalue weighted by atomic mass is 32.2. The van der Waals surface area contributed by atoms with Crippen molar-refractivity contribution in [1.29, 1.82) is 0 Å². The maximum absolute atomic E-state index is 14.0. The van der Waals surface area contributed by atoms with Gasteiger partial charge in [-0.25, -0.2) is 13.2 Å². The van der Waals surface area contributed by atoms with Crippen LogP contribution in [0.4, 0.5) is 5.69 Å². The van der Waals surface area contributed by atoms with Crippen molar-refractivity contribution < 1.29 is 27.5 Å². The number of sulfonamides is 1. The van der Waals surface area contributed by atoms with Gasteiger partial charge in [0.05, 0.1) is 35.3 Å². The van der Waals surface area contributed by atoms with E-state index in [0.717, 1.165) is 11.1 Å². The molecule has 0 radical (unpaired) electrons. The molecule has 1 aliphatic rings. The fraction of sp³-hybridized carbons (Fsp3) is 0.267. The molecule has 0 saturated heterocycles. The van der Waals surface area contributed by atoms with E-state index in [2.05, 4.69) is 0 Å². The Bertz CT molecular complexity index is 1700. The second-order valence-electron chi connectivity index (χ2n) is 10.6. The van der Waals surface area contributed by atoms with Crippen LogP contribution in [0, 0.1) is 6.92 Å². The number of fused-ring (bicyclic) bond motifs is 2. The molecule has 1 atom stereocenters. The molecule has 5 rings (SSSR count). The Hall–Kier alpha value is -4.11. The largest absolute Gasteiger partial charge is 0.476 e. The number of aryl methyl sites for hydroxylation is 1. The lowest BCUT2D eigenvalue weighted by molar-refractivity contribution is 0.0602. The van der Waals surface area contributed by atoms with Crippen molar-refractivity contribution in [2.75, 3.05) is 18.0 Å². The van der Waals surface area contributed by atoms with Crippen LogP contribution in [0.3, 0.4) is 0 Å². The second-order valence-corrected chi connectivity index (χ2v) is 12.5. The summed E-state index contributed by atoms with van der Waals surface area (Å²) in [5.74, 6) is -0.796. The molecule has 1 aliphatic heterocycles. The first-order chi connectivity index (χ1) is 18.4. The maximum Gasteiger partial charge on any atom is 0.340 e. The van der Waals surface area contributed by atoms with Crippen LogP contribution in [-0.4, -0.2) is 44.6 Å². The molecule has 0 saturated carbocycles. The summed E-state index contributed by atoms with van der Waals surface area (Å²) in [6.45, 7) is 7.77. The fourth-order valence-corrected chi connectivity index (χ4v) is 6.17. The maximum atomic E-state index is 14.0. The monoisotopic (exact) mass is 546 g/mol. The van der Waals surface area contributed by atoms with Crippen LogP contribution in [0.2, 0.25) is 0 Å². The van der Waals surface area contributed by atoms with Gasteiger partial charge in [0.1, 0.15) is 5.75 Å². The van der Waals surface area contributed by atoms with Crippen LogP contribution >= 0.6 is 0 Å². The van der Waals surface area contributed by atoms with Crippen LogP contribution in [-0.2, 0) is 20.2 Å². The van der Waals surface area contributed by atoms with Gasteiger partial charge in [-0.15, -0.1) is 0 Å². The zero-order valence-electron chi connectivity index (χ0n) is 22.5. The SMILES string of the molecule is COC(=O)c1cn(C(=O)[C@H]2CN(S(=O)(=O)c3ccc(C)cc3)c3cc(C(C)(C)C)ccc3O2)c2ccccc12. The smallest absolute Gasteiger partial charge is 0.340 e. The normalized spacial score (nSPS) is 15.5. The van der Waals surface area contributed by atoms with Crippen LogP contribution < -0.4 is 9.04 Å². The Balaban J connectivity index is 1.63. The van der Waals surface area contributed by atoms with Gasteiger partial charge in [0.2, 0.25) is 0 Å². The second kappa shape index (κ2) is 9.57. The molecule has 3 aromatic carbocycles. The van der Waals surface area contributed by atoms with Crippen molar-refractivity contribution in [3.8, 4) is 5.75 Å². The summed E-state index contributed by atoms with van der Waals surface area (Å²) in [7, 11) is -2.77. The molecule has 0 N–H and O–H groups in total. The number of nitrogens with zero attached hydrogens (tertiary/aromatic N) is 2. The quantitative estimate of drug-likeness (QED) is 0.321. The summed E-state index contributed by atoms with van der Waals surface area (Å²) in [5, 5.41) is 0.549. The third-order valence-electron chi connectivity index (χ3n) is 6.93. The number of hydrogen-bond acceptors (Lipinski definition) is 6. The van der Waals surface area contributed by atoms with Gasteiger partial charge in [-0.1, -0.05) is 62.7 Å². The van der Waals surface area contributed by atoms with Gasteiger partial charge in [-0.2, -0.15) is 0 Å². The molecule has 202 valence electrons. The molecule has 1 aromatic heterocycles. The molecule has 0 unspecified atom stereocenters. The van der Waals surface area contributed by atoms with Crippen molar-refractivity contribution in [2.24, 2.45) is 0 Å². The first-order valence-corrected chi connectivity index (χ1v) is 14.0. The van der Waals surface area contributed by atoms with Crippen molar-refractivity contribution in [3.63, 3.8) is 0 Å². The third-order valence-corrected chi connectivity index (χ3v) is 8.73. The summed E-state index contributed by atoms with van der Waals surface area (Å²) >= 11 is 0. The lowest BCUT2D eigenvalue weighted by atomic mass is 9.86. The number of aromatic nitrogens is 1. The van der Waals surface area contributed by atoms with Gasteiger partial charge >= 0.3 is 5.97 Å². The molecule has 8 nitrogen and oxygen atoms in total. The molecule has 0 fully saturated rings. The lowest BCUT2D eigenvalue weighted by Crippen LogP contribution is -2.48. The van der Waals surface area contributed by atoms with E-state index < -0.39 is 28.0 Å². The third kappa shape index (κ3) is 4.67. The first-order valence-electron chi connectivity index (χ1n) is 12.5. The van der Waals surface area contributed by atoms with Gasteiger partial charge < -0.3 is 9.47 Å². The highest BCUT2D eigenvalue weighted by molar-refractivity contribution is 7.92. The average molecular weight is 547 g/mol. The minimum Gasteiger partial charge on any atom is -0.476 e. The highest BCUT2D eigenvalue weighted by Gasteiger charge is 2.39. The molecular formula is C30H30N2O6S. The van der Waals surface area contributed by atoms with Gasteiger partial charge in [0.15, 0.2) is 6.10 Å². The number of rotatable bonds is 4. The number of anilines is 1. The van der Waals surface area contributed by atoms with Crippen molar-refractivity contribution in [1.82, 2.24) is 4.57 Å². The van der Waals surface area contributed by atoms with E-state index in [1.807, 2.05) is 39.8 Å². The van der Waals surface area contributed by atoms with E-state index in [1.165, 1.54) is 22.2 Å². The van der Waals surface area contributed by atoms with E-state index in [1.54, 1.807) is 54.6 Å². The zero-order valence-corrected chi connectivity index (χ0v) is 23.3. The molecule has 0 spiro atoms. The predicted molar refractivity (Wildman–Crippen MR) is 149 cm³/mol. The Morgan fingerprint density at radius 1 is 1.00 bits per heavy atom. The summed E-state index contributed by atoms with van der Waals surface area (Å²) in [4.78, 5) is 26.4. The number of carbonyl (C=O) groups is 2. The van der Waals surface area contributed by atoms with Crippen molar-refractivity contribution in [2.45, 2.75) is 44.1 Å². The number of ether oxygens (including phenoxy) is 2. The van der Waals surface area contributed by atoms with Crippen LogP contribution in [0.1, 0.15) is 47.1 Å². The molecule has 0 bridgehead atoms. The van der Waals surface area contributed by atoms with Gasteiger partial charge in [0.25, 0.3) is 15.9 Å². The molecule has 0 aliphatic carbocycles. The van der Waals surface area contributed by atoms with E-state index in [4.69, 9.17) is 9.47 Å². The topological polar surface area (TPSA) is 94.9 Å². The Morgan fingerprint density at radius 2 is 1.69 bits per heavy atom. The number of methoxy groups -OCH3 is 1. The molecule has 4 aromatic rings. The lowest BCUT2D eigenvalue weighted by Gasteiger charge is -2.36. The molecule has 39 heavy (non-hydrogen) atoms. The van der Waals surface area contributed by atoms with Crippen molar-refractivity contribution in [3.05, 3.63) is 89.6 Å². The highest BCUT2D eigenvalue weighted by Crippen LogP contribution is 2.40. The standard InChI is InChI=1S/C30H30N2O6S/c1-19-10-13-21(14-11-19)39(35,36)32-18-27(38-26-15-12-20(16-25(26)32)30(2,3)4)28(33)31-17-23(29(34)37-5)22-8-6-7-9-24(22)31/h6-17,27H,18H2,1-5H3/t27-/m1/s1. The van der Waals surface area contributed by atoms with E-state index >= 15 is 0 Å². The number of hydrogen-bond donors (Lipinski definition) is 0. The Kier molecular flexibility index (Phi) is 6.50. The predicted octanol–water partition coefficient (Wildman–Crippen LogP) is 5.33. The molecule has 0 amide bonds. The summed E-state index contributed by atoms with van der Waals surface area (Å²) in [5.41, 5.74) is 2.72. The van der Waals surface area contributed by atoms with Crippen molar-refractivity contribution >= 4 is 38.5 Å². The van der Waals surface area contributed by atoms with Crippen LogP contribution in [0.25, 0.3) is 10.9 Å². The minimum atomic E-state index is -4.04. The van der Waals surface area contributed by atoms with Gasteiger partial charge in [-0.05, 0) is 48.2 Å². The summed E-state index contributed by atoms with van der Waals surface area (Å²) in [6.07, 6.45) is 0.249. The summed E-state index contributed by atoms with van der Waals surface area (Å²) < 4.78 is 41.6.